The summed E-state index contributed by atoms with van der Waals surface area (Å²) in [7, 11) is 0. The van der Waals surface area contributed by atoms with E-state index in [0.717, 1.165) is 36.5 Å². The van der Waals surface area contributed by atoms with Gasteiger partial charge in [0.1, 0.15) is 5.75 Å². The normalized spacial score (nSPS) is 16.3. The molecule has 0 bridgehead atoms. The topological polar surface area (TPSA) is 29.5 Å². The number of ketones is 1. The summed E-state index contributed by atoms with van der Waals surface area (Å²) in [6, 6.07) is 5.77. The fourth-order valence-electron chi connectivity index (χ4n) is 2.58. The first-order valence-electron chi connectivity index (χ1n) is 7.19. The van der Waals surface area contributed by atoms with Gasteiger partial charge in [0.25, 0.3) is 0 Å². The molecule has 1 heterocycles. The Labute approximate surface area is 115 Å². The van der Waals surface area contributed by atoms with Crippen LogP contribution in [0.15, 0.2) is 18.2 Å². The second-order valence-electron chi connectivity index (χ2n) is 5.15. The summed E-state index contributed by atoms with van der Waals surface area (Å²) in [5.74, 6) is 1.03. The molecule has 1 aliphatic rings. The third-order valence-corrected chi connectivity index (χ3v) is 3.61. The zero-order valence-electron chi connectivity index (χ0n) is 11.9. The first-order chi connectivity index (χ1) is 9.20. The van der Waals surface area contributed by atoms with Gasteiger partial charge in [0.05, 0.1) is 6.61 Å². The maximum atomic E-state index is 11.5. The average molecular weight is 261 g/mol. The molecule has 2 rings (SSSR count). The Hall–Kier alpha value is -1.35. The number of hydrogen-bond donors (Lipinski definition) is 0. The minimum absolute atomic E-state index is 0.114. The van der Waals surface area contributed by atoms with Gasteiger partial charge in [-0.25, -0.2) is 0 Å². The molecule has 1 aromatic rings. The Balaban J connectivity index is 2.18. The van der Waals surface area contributed by atoms with Crippen molar-refractivity contribution in [2.75, 3.05) is 19.7 Å². The maximum Gasteiger partial charge on any atom is 0.159 e. The highest BCUT2D eigenvalue weighted by Crippen LogP contribution is 2.24. The Morgan fingerprint density at radius 3 is 2.63 bits per heavy atom. The highest BCUT2D eigenvalue weighted by atomic mass is 16.5. The molecule has 0 radical (unpaired) electrons. The van der Waals surface area contributed by atoms with E-state index in [0.29, 0.717) is 6.61 Å². The fraction of sp³-hybridized carbons (Fsp3) is 0.562. The van der Waals surface area contributed by atoms with E-state index in [4.69, 9.17) is 4.74 Å². The first kappa shape index (κ1) is 14.1. The van der Waals surface area contributed by atoms with E-state index in [9.17, 15) is 4.79 Å². The van der Waals surface area contributed by atoms with Crippen molar-refractivity contribution >= 4 is 5.78 Å². The molecule has 3 heteroatoms. The van der Waals surface area contributed by atoms with Gasteiger partial charge in [-0.2, -0.15) is 0 Å². The van der Waals surface area contributed by atoms with Crippen LogP contribution in [0.4, 0.5) is 0 Å². The summed E-state index contributed by atoms with van der Waals surface area (Å²) in [6.07, 6.45) is 3.88. The number of likely N-dealkylation sites (tertiary alicyclic amines) is 1. The Morgan fingerprint density at radius 2 is 2.00 bits per heavy atom. The zero-order chi connectivity index (χ0) is 13.7. The minimum Gasteiger partial charge on any atom is -0.494 e. The Morgan fingerprint density at radius 1 is 1.26 bits per heavy atom. The van der Waals surface area contributed by atoms with Crippen LogP contribution in [0.1, 0.15) is 49.0 Å². The molecular weight excluding hydrogens is 238 g/mol. The van der Waals surface area contributed by atoms with Gasteiger partial charge in [-0.05, 0) is 58.0 Å². The molecule has 19 heavy (non-hydrogen) atoms. The van der Waals surface area contributed by atoms with E-state index < -0.39 is 0 Å². The molecule has 1 fully saturated rings. The number of hydrogen-bond acceptors (Lipinski definition) is 3. The van der Waals surface area contributed by atoms with Crippen LogP contribution < -0.4 is 4.74 Å². The van der Waals surface area contributed by atoms with Crippen LogP contribution in [0.25, 0.3) is 0 Å². The first-order valence-corrected chi connectivity index (χ1v) is 7.19. The molecule has 104 valence electrons. The van der Waals surface area contributed by atoms with Crippen molar-refractivity contribution in [2.24, 2.45) is 0 Å². The van der Waals surface area contributed by atoms with Gasteiger partial charge >= 0.3 is 0 Å². The summed E-state index contributed by atoms with van der Waals surface area (Å²) in [5.41, 5.74) is 1.91. The molecule has 0 saturated carbocycles. The molecule has 0 atom stereocenters. The third-order valence-electron chi connectivity index (χ3n) is 3.61. The van der Waals surface area contributed by atoms with Crippen molar-refractivity contribution in [2.45, 2.75) is 39.7 Å². The smallest absolute Gasteiger partial charge is 0.159 e. The van der Waals surface area contributed by atoms with E-state index in [1.54, 1.807) is 6.92 Å². The quantitative estimate of drug-likeness (QED) is 0.762. The summed E-state index contributed by atoms with van der Waals surface area (Å²) < 4.78 is 5.68. The summed E-state index contributed by atoms with van der Waals surface area (Å²) in [5, 5.41) is 0. The highest BCUT2D eigenvalue weighted by molar-refractivity contribution is 5.94. The van der Waals surface area contributed by atoms with Crippen molar-refractivity contribution < 1.29 is 9.53 Å². The van der Waals surface area contributed by atoms with Crippen molar-refractivity contribution in [3.05, 3.63) is 29.3 Å². The van der Waals surface area contributed by atoms with Crippen LogP contribution in [-0.2, 0) is 6.54 Å². The van der Waals surface area contributed by atoms with Gasteiger partial charge in [-0.15, -0.1) is 0 Å². The van der Waals surface area contributed by atoms with Gasteiger partial charge in [-0.1, -0.05) is 6.42 Å². The van der Waals surface area contributed by atoms with Gasteiger partial charge < -0.3 is 4.74 Å². The van der Waals surface area contributed by atoms with Crippen molar-refractivity contribution in [3.63, 3.8) is 0 Å². The average Bonchev–Trinajstić information content (AvgIpc) is 2.42. The number of carbonyl (C=O) groups excluding carboxylic acids is 1. The standard InChI is InChI=1S/C16H23NO2/c1-3-19-16-8-7-14(13(2)18)11-15(16)12-17-9-5-4-6-10-17/h7-8,11H,3-6,9-10,12H2,1-2H3. The number of nitrogens with zero attached hydrogens (tertiary/aromatic N) is 1. The lowest BCUT2D eigenvalue weighted by Crippen LogP contribution is -2.29. The molecular formula is C16H23NO2. The minimum atomic E-state index is 0.114. The van der Waals surface area contributed by atoms with Gasteiger partial charge in [0.15, 0.2) is 5.78 Å². The lowest BCUT2D eigenvalue weighted by atomic mass is 10.0. The van der Waals surface area contributed by atoms with Crippen LogP contribution in [0.5, 0.6) is 5.75 Å². The molecule has 0 unspecified atom stereocenters. The molecule has 0 aromatic heterocycles. The van der Waals surface area contributed by atoms with Crippen LogP contribution in [0, 0.1) is 0 Å². The third kappa shape index (κ3) is 3.80. The number of ether oxygens (including phenoxy) is 1. The summed E-state index contributed by atoms with van der Waals surface area (Å²) in [4.78, 5) is 14.0. The van der Waals surface area contributed by atoms with E-state index in [1.165, 1.54) is 19.3 Å². The van der Waals surface area contributed by atoms with Crippen LogP contribution in [-0.4, -0.2) is 30.4 Å². The van der Waals surface area contributed by atoms with Crippen molar-refractivity contribution in [1.29, 1.82) is 0 Å². The molecule has 0 spiro atoms. The predicted molar refractivity (Wildman–Crippen MR) is 76.7 cm³/mol. The largest absolute Gasteiger partial charge is 0.494 e. The van der Waals surface area contributed by atoms with Gasteiger partial charge in [0.2, 0.25) is 0 Å². The zero-order valence-corrected chi connectivity index (χ0v) is 11.9. The number of piperidine rings is 1. The van der Waals surface area contributed by atoms with E-state index in [1.807, 2.05) is 25.1 Å². The maximum absolute atomic E-state index is 11.5. The monoisotopic (exact) mass is 261 g/mol. The molecule has 3 nitrogen and oxygen atoms in total. The van der Waals surface area contributed by atoms with E-state index >= 15 is 0 Å². The van der Waals surface area contributed by atoms with Crippen molar-refractivity contribution in [3.8, 4) is 5.75 Å². The molecule has 0 aliphatic carbocycles. The van der Waals surface area contributed by atoms with E-state index in [2.05, 4.69) is 4.90 Å². The fourth-order valence-corrected chi connectivity index (χ4v) is 2.58. The Kier molecular flexibility index (Phi) is 4.97. The lowest BCUT2D eigenvalue weighted by Gasteiger charge is -2.27. The molecule has 1 saturated heterocycles. The number of rotatable bonds is 5. The molecule has 0 amide bonds. The van der Waals surface area contributed by atoms with Crippen LogP contribution >= 0.6 is 0 Å². The summed E-state index contributed by atoms with van der Waals surface area (Å²) in [6.45, 7) is 7.44. The summed E-state index contributed by atoms with van der Waals surface area (Å²) >= 11 is 0. The van der Waals surface area contributed by atoms with Gasteiger partial charge in [-0.3, -0.25) is 9.69 Å². The SMILES string of the molecule is CCOc1ccc(C(C)=O)cc1CN1CCCCC1. The van der Waals surface area contributed by atoms with E-state index in [-0.39, 0.29) is 5.78 Å². The highest BCUT2D eigenvalue weighted by Gasteiger charge is 2.14. The number of Topliss-reactive ketones (excluding diaryl/α,β-unsaturated/α-hetero) is 1. The second kappa shape index (κ2) is 6.71. The lowest BCUT2D eigenvalue weighted by molar-refractivity contribution is 0.101. The second-order valence-corrected chi connectivity index (χ2v) is 5.15. The Bertz CT molecular complexity index is 436. The van der Waals surface area contributed by atoms with Crippen molar-refractivity contribution in [1.82, 2.24) is 4.90 Å². The number of carbonyl (C=O) groups is 1. The molecule has 0 N–H and O–H groups in total. The molecule has 1 aromatic carbocycles. The van der Waals surface area contributed by atoms with Crippen LogP contribution in [0.2, 0.25) is 0 Å². The predicted octanol–water partition coefficient (Wildman–Crippen LogP) is 3.27. The molecule has 1 aliphatic heterocycles. The van der Waals surface area contributed by atoms with Gasteiger partial charge in [0, 0.05) is 17.7 Å². The van der Waals surface area contributed by atoms with Crippen LogP contribution in [0.3, 0.4) is 0 Å². The number of benzene rings is 1.